The van der Waals surface area contributed by atoms with Gasteiger partial charge in [-0.1, -0.05) is 42.0 Å². The number of aryl methyl sites for hydroxylation is 1. The molecule has 0 saturated carbocycles. The summed E-state index contributed by atoms with van der Waals surface area (Å²) in [7, 11) is -0.453. The average Bonchev–Trinajstić information content (AvgIpc) is 3.63. The van der Waals surface area contributed by atoms with Crippen molar-refractivity contribution in [1.29, 1.82) is 0 Å². The first-order chi connectivity index (χ1) is 27.2. The number of fused-ring (bicyclic) bond motifs is 1. The molecule has 4 N–H and O–H groups in total. The van der Waals surface area contributed by atoms with Gasteiger partial charge in [0.1, 0.15) is 31.0 Å². The van der Waals surface area contributed by atoms with Gasteiger partial charge in [0.05, 0.1) is 31.7 Å². The van der Waals surface area contributed by atoms with Crippen LogP contribution in [0.25, 0.3) is 16.5 Å². The van der Waals surface area contributed by atoms with Crippen LogP contribution in [0.2, 0.25) is 0 Å². The molecular formula is C40H41FN9O5P. The van der Waals surface area contributed by atoms with Crippen molar-refractivity contribution in [2.75, 3.05) is 69.1 Å². The third-order valence-electron chi connectivity index (χ3n) is 8.99. The quantitative estimate of drug-likeness (QED) is 0.0902. The summed E-state index contributed by atoms with van der Waals surface area (Å²) in [6.07, 6.45) is 1.56. The van der Waals surface area contributed by atoms with Gasteiger partial charge in [-0.2, -0.15) is 10.1 Å². The van der Waals surface area contributed by atoms with E-state index in [0.717, 1.165) is 30.6 Å². The molecule has 6 aromatic rings. The van der Waals surface area contributed by atoms with Crippen LogP contribution in [0.1, 0.15) is 15.9 Å². The molecular weight excluding hydrogens is 736 g/mol. The van der Waals surface area contributed by atoms with Crippen LogP contribution in [-0.4, -0.2) is 89.8 Å². The highest BCUT2D eigenvalue weighted by Gasteiger charge is 2.18. The van der Waals surface area contributed by atoms with Gasteiger partial charge in [-0.3, -0.25) is 15.0 Å². The Morgan fingerprint density at radius 3 is 2.50 bits per heavy atom. The van der Waals surface area contributed by atoms with Gasteiger partial charge in [0.15, 0.2) is 0 Å². The highest BCUT2D eigenvalue weighted by Crippen LogP contribution is 2.35. The van der Waals surface area contributed by atoms with Crippen LogP contribution in [-0.2, 0) is 4.74 Å². The Bertz CT molecular complexity index is 2330. The van der Waals surface area contributed by atoms with Crippen molar-refractivity contribution in [3.05, 3.63) is 108 Å². The Hall–Kier alpha value is -6.15. The van der Waals surface area contributed by atoms with E-state index >= 15 is 0 Å². The molecule has 1 aliphatic rings. The summed E-state index contributed by atoms with van der Waals surface area (Å²) in [5, 5.41) is 17.7. The van der Waals surface area contributed by atoms with Crippen LogP contribution < -0.4 is 36.2 Å². The average molecular weight is 778 g/mol. The monoisotopic (exact) mass is 777 g/mol. The lowest BCUT2D eigenvalue weighted by molar-refractivity contribution is 0.0383. The van der Waals surface area contributed by atoms with Crippen molar-refractivity contribution in [1.82, 2.24) is 30.0 Å². The zero-order valence-corrected chi connectivity index (χ0v) is 32.0. The van der Waals surface area contributed by atoms with Gasteiger partial charge in [-0.05, 0) is 50.0 Å². The zero-order chi connectivity index (χ0) is 39.0. The van der Waals surface area contributed by atoms with Crippen molar-refractivity contribution >= 4 is 59.5 Å². The second kappa shape index (κ2) is 17.5. The summed E-state index contributed by atoms with van der Waals surface area (Å²) in [5.74, 6) is 1.60. The van der Waals surface area contributed by atoms with E-state index in [4.69, 9.17) is 14.2 Å². The van der Waals surface area contributed by atoms with Crippen molar-refractivity contribution in [3.63, 3.8) is 0 Å². The number of urea groups is 1. The number of amides is 3. The van der Waals surface area contributed by atoms with Gasteiger partial charge in [-0.25, -0.2) is 18.7 Å². The van der Waals surface area contributed by atoms with Crippen molar-refractivity contribution in [2.45, 2.75) is 6.92 Å². The molecule has 0 spiro atoms. The molecule has 0 bridgehead atoms. The first-order valence-electron chi connectivity index (χ1n) is 17.9. The van der Waals surface area contributed by atoms with Gasteiger partial charge >= 0.3 is 6.03 Å². The molecule has 1 unspecified atom stereocenters. The first kappa shape index (κ1) is 38.1. The lowest BCUT2D eigenvalue weighted by Gasteiger charge is -2.26. The number of nitrogens with one attached hydrogen (secondary N) is 4. The van der Waals surface area contributed by atoms with E-state index in [2.05, 4.69) is 41.2 Å². The summed E-state index contributed by atoms with van der Waals surface area (Å²) in [6.45, 7) is 7.76. The smallest absolute Gasteiger partial charge is 0.324 e. The van der Waals surface area contributed by atoms with E-state index in [0.29, 0.717) is 65.1 Å². The predicted molar refractivity (Wildman–Crippen MR) is 216 cm³/mol. The summed E-state index contributed by atoms with van der Waals surface area (Å²) in [4.78, 5) is 37.6. The minimum Gasteiger partial charge on any atom is -0.497 e. The molecule has 14 nitrogen and oxygen atoms in total. The number of ether oxygens (including phenoxy) is 3. The molecule has 0 aliphatic carbocycles. The molecule has 3 amide bonds. The normalized spacial score (nSPS) is 13.5. The largest absolute Gasteiger partial charge is 0.497 e. The number of methoxy groups -OCH3 is 1. The van der Waals surface area contributed by atoms with Crippen LogP contribution >= 0.6 is 8.23 Å². The summed E-state index contributed by atoms with van der Waals surface area (Å²) >= 11 is 0. The third-order valence-corrected chi connectivity index (χ3v) is 9.84. The molecule has 1 aliphatic heterocycles. The van der Waals surface area contributed by atoms with Gasteiger partial charge < -0.3 is 30.2 Å². The predicted octanol–water partition coefficient (Wildman–Crippen LogP) is 7.00. The lowest BCUT2D eigenvalue weighted by atomic mass is 10.1. The fraction of sp³-hybridized carbons (Fsp3) is 0.225. The second-order valence-electron chi connectivity index (χ2n) is 13.0. The number of hydrogen-bond acceptors (Lipinski definition) is 10. The Kier molecular flexibility index (Phi) is 11.9. The Morgan fingerprint density at radius 2 is 1.73 bits per heavy atom. The van der Waals surface area contributed by atoms with Crippen molar-refractivity contribution in [2.24, 2.45) is 0 Å². The maximum absolute atomic E-state index is 14.3. The van der Waals surface area contributed by atoms with Crippen LogP contribution in [0.15, 0.2) is 97.2 Å². The number of rotatable bonds is 13. The minimum absolute atomic E-state index is 0.226. The molecule has 16 heteroatoms. The summed E-state index contributed by atoms with van der Waals surface area (Å²) in [5.41, 5.74) is 3.52. The molecule has 4 aromatic carbocycles. The Morgan fingerprint density at radius 1 is 0.946 bits per heavy atom. The molecule has 0 radical (unpaired) electrons. The standard InChI is InChI=1S/C40H41FN9O5P/c1-26-8-10-29(11-9-26)50-35(25-37(48-50)56(3)41)46-40(52)45-33-12-13-34(32-7-5-4-6-31(32)33)55-36-14-15-43-39(47-36)44-28-22-27(23-30(24-28)53-2)38(51)42-16-17-49-18-20-54-21-19-49/h4-15,22-25H,16-21H2,1-3H3,(H,42,51)(H,43,44,47)(H2,45,46,52). The van der Waals surface area contributed by atoms with Gasteiger partial charge in [0, 0.05) is 72.6 Å². The molecule has 288 valence electrons. The maximum Gasteiger partial charge on any atom is 0.324 e. The van der Waals surface area contributed by atoms with Gasteiger partial charge in [0.25, 0.3) is 5.91 Å². The fourth-order valence-corrected chi connectivity index (χ4v) is 6.62. The van der Waals surface area contributed by atoms with Crippen LogP contribution in [0.3, 0.4) is 0 Å². The van der Waals surface area contributed by atoms with Gasteiger partial charge in [0.2, 0.25) is 11.8 Å². The van der Waals surface area contributed by atoms with E-state index in [1.165, 1.54) is 18.5 Å². The highest BCUT2D eigenvalue weighted by molar-refractivity contribution is 7.59. The van der Waals surface area contributed by atoms with Crippen LogP contribution in [0.5, 0.6) is 17.4 Å². The SMILES string of the molecule is COc1cc(Nc2nccc(Oc3ccc(NC(=O)Nc4cc(P(C)F)nn4-c4ccc(C)cc4)c4ccccc34)n2)cc(C(=O)NCCN2CCOCC2)c1. The van der Waals surface area contributed by atoms with E-state index in [-0.39, 0.29) is 23.2 Å². The fourth-order valence-electron chi connectivity index (χ4n) is 6.11. The number of anilines is 4. The molecule has 3 heterocycles. The minimum atomic E-state index is -1.99. The molecule has 2 aromatic heterocycles. The highest BCUT2D eigenvalue weighted by atomic mass is 31.2. The number of hydrogen-bond donors (Lipinski definition) is 4. The number of carbonyl (C=O) groups excluding carboxylic acids is 2. The number of nitrogens with zero attached hydrogens (tertiary/aromatic N) is 5. The topological polar surface area (TPSA) is 157 Å². The molecule has 1 fully saturated rings. The Labute approximate surface area is 324 Å². The second-order valence-corrected chi connectivity index (χ2v) is 14.4. The number of benzene rings is 4. The van der Waals surface area contributed by atoms with Crippen LogP contribution in [0, 0.1) is 6.92 Å². The first-order valence-corrected chi connectivity index (χ1v) is 19.6. The number of aromatic nitrogens is 4. The zero-order valence-electron chi connectivity index (χ0n) is 31.1. The number of morpholine rings is 1. The Balaban J connectivity index is 1.04. The van der Waals surface area contributed by atoms with E-state index in [9.17, 15) is 13.8 Å². The van der Waals surface area contributed by atoms with E-state index in [1.54, 1.807) is 48.7 Å². The van der Waals surface area contributed by atoms with Crippen molar-refractivity contribution in [3.8, 4) is 23.1 Å². The molecule has 1 atom stereocenters. The third kappa shape index (κ3) is 9.37. The van der Waals surface area contributed by atoms with Crippen LogP contribution in [0.4, 0.5) is 32.1 Å². The van der Waals surface area contributed by atoms with E-state index in [1.807, 2.05) is 55.5 Å². The number of halogens is 1. The molecule has 56 heavy (non-hydrogen) atoms. The summed E-state index contributed by atoms with van der Waals surface area (Å²) in [6, 6.07) is 26.3. The lowest BCUT2D eigenvalue weighted by Crippen LogP contribution is -2.41. The number of carbonyl (C=O) groups is 2. The van der Waals surface area contributed by atoms with Gasteiger partial charge in [-0.15, -0.1) is 0 Å². The maximum atomic E-state index is 14.3. The van der Waals surface area contributed by atoms with Crippen molar-refractivity contribution < 1.29 is 28.0 Å². The van der Waals surface area contributed by atoms with E-state index < -0.39 is 14.3 Å². The molecule has 1 saturated heterocycles. The molecule has 7 rings (SSSR count). The summed E-state index contributed by atoms with van der Waals surface area (Å²) < 4.78 is 33.0.